The van der Waals surface area contributed by atoms with Gasteiger partial charge in [0.1, 0.15) is 11.5 Å². The molecule has 1 N–H and O–H groups in total. The monoisotopic (exact) mass is 367 g/mol. The fraction of sp³-hybridized carbons (Fsp3) is 0.412. The van der Waals surface area contributed by atoms with Gasteiger partial charge in [0.15, 0.2) is 11.5 Å². The molecular weight excluding hydrogens is 346 g/mol. The van der Waals surface area contributed by atoms with E-state index in [0.717, 1.165) is 33.1 Å². The maximum atomic E-state index is 5.64. The maximum Gasteiger partial charge on any atom is 0.175 e. The number of furan rings is 1. The summed E-state index contributed by atoms with van der Waals surface area (Å²) in [6, 6.07) is 8.15. The van der Waals surface area contributed by atoms with Gasteiger partial charge in [0.25, 0.3) is 0 Å². The van der Waals surface area contributed by atoms with Crippen LogP contribution in [0.15, 0.2) is 33.2 Å². The molecule has 0 aliphatic rings. The van der Waals surface area contributed by atoms with Gasteiger partial charge in [-0.25, -0.2) is 0 Å². The van der Waals surface area contributed by atoms with E-state index in [-0.39, 0.29) is 6.04 Å². The molecular formula is C17H22BrNO3. The molecule has 1 heterocycles. The average molecular weight is 368 g/mol. The van der Waals surface area contributed by atoms with Gasteiger partial charge >= 0.3 is 0 Å². The first-order chi connectivity index (χ1) is 10.5. The van der Waals surface area contributed by atoms with Crippen LogP contribution in [0.1, 0.15) is 37.0 Å². The molecule has 1 aromatic heterocycles. The molecule has 0 bridgehead atoms. The smallest absolute Gasteiger partial charge is 0.175 e. The molecule has 0 fully saturated rings. The molecule has 0 spiro atoms. The summed E-state index contributed by atoms with van der Waals surface area (Å²) < 4.78 is 17.5. The second kappa shape index (κ2) is 7.70. The Morgan fingerprint density at radius 1 is 1.32 bits per heavy atom. The van der Waals surface area contributed by atoms with Gasteiger partial charge in [0.2, 0.25) is 0 Å². The number of hydrogen-bond donors (Lipinski definition) is 1. The van der Waals surface area contributed by atoms with Crippen molar-refractivity contribution >= 4 is 15.9 Å². The summed E-state index contributed by atoms with van der Waals surface area (Å²) in [5.41, 5.74) is 1.11. The van der Waals surface area contributed by atoms with E-state index in [1.165, 1.54) is 0 Å². The Morgan fingerprint density at radius 2 is 2.09 bits per heavy atom. The number of aryl methyl sites for hydroxylation is 1. The molecule has 1 atom stereocenters. The minimum absolute atomic E-state index is 0.144. The second-order valence-corrected chi connectivity index (χ2v) is 5.95. The topological polar surface area (TPSA) is 43.6 Å². The molecule has 0 saturated carbocycles. The zero-order chi connectivity index (χ0) is 16.1. The molecule has 0 saturated heterocycles. The molecule has 0 radical (unpaired) electrons. The zero-order valence-electron chi connectivity index (χ0n) is 13.4. The van der Waals surface area contributed by atoms with E-state index in [4.69, 9.17) is 13.9 Å². The minimum Gasteiger partial charge on any atom is -0.493 e. The molecule has 0 aliphatic heterocycles. The van der Waals surface area contributed by atoms with Crippen LogP contribution in [0.2, 0.25) is 0 Å². The van der Waals surface area contributed by atoms with Crippen LogP contribution in [0.25, 0.3) is 0 Å². The molecule has 1 aromatic carbocycles. The minimum atomic E-state index is 0.144. The van der Waals surface area contributed by atoms with Gasteiger partial charge in [-0.3, -0.25) is 0 Å². The van der Waals surface area contributed by atoms with Gasteiger partial charge < -0.3 is 19.2 Å². The van der Waals surface area contributed by atoms with Gasteiger partial charge in [-0.2, -0.15) is 0 Å². The molecule has 4 nitrogen and oxygen atoms in total. The van der Waals surface area contributed by atoms with Crippen molar-refractivity contribution in [3.63, 3.8) is 0 Å². The zero-order valence-corrected chi connectivity index (χ0v) is 15.0. The van der Waals surface area contributed by atoms with Crippen molar-refractivity contribution in [2.45, 2.75) is 33.4 Å². The summed E-state index contributed by atoms with van der Waals surface area (Å²) >= 11 is 3.54. The molecule has 120 valence electrons. The Morgan fingerprint density at radius 3 is 2.68 bits per heavy atom. The molecule has 0 aliphatic carbocycles. The first-order valence-electron chi connectivity index (χ1n) is 7.34. The SMILES string of the molecule is CCOc1c(Br)cc(CNC(C)c2ccc(C)o2)cc1OC. The Kier molecular flexibility index (Phi) is 5.91. The molecule has 22 heavy (non-hydrogen) atoms. The quantitative estimate of drug-likeness (QED) is 0.775. The van der Waals surface area contributed by atoms with Gasteiger partial charge in [-0.05, 0) is 66.5 Å². The standard InChI is InChI=1S/C17H22BrNO3/c1-5-21-17-14(18)8-13(9-16(17)20-4)10-19-12(3)15-7-6-11(2)22-15/h6-9,12,19H,5,10H2,1-4H3. The lowest BCUT2D eigenvalue weighted by Crippen LogP contribution is -2.17. The van der Waals surface area contributed by atoms with E-state index in [2.05, 4.69) is 28.2 Å². The van der Waals surface area contributed by atoms with Crippen LogP contribution in [0, 0.1) is 6.92 Å². The van der Waals surface area contributed by atoms with E-state index in [1.54, 1.807) is 7.11 Å². The number of methoxy groups -OCH3 is 1. The highest BCUT2D eigenvalue weighted by molar-refractivity contribution is 9.10. The number of rotatable bonds is 7. The van der Waals surface area contributed by atoms with Crippen molar-refractivity contribution in [3.8, 4) is 11.5 Å². The van der Waals surface area contributed by atoms with Gasteiger partial charge in [-0.1, -0.05) is 0 Å². The highest BCUT2D eigenvalue weighted by Crippen LogP contribution is 2.36. The third kappa shape index (κ3) is 4.05. The number of nitrogens with one attached hydrogen (secondary N) is 1. The second-order valence-electron chi connectivity index (χ2n) is 5.09. The molecule has 1 unspecified atom stereocenters. The summed E-state index contributed by atoms with van der Waals surface area (Å²) in [5.74, 6) is 3.33. The Labute approximate surface area is 139 Å². The summed E-state index contributed by atoms with van der Waals surface area (Å²) in [6.07, 6.45) is 0. The largest absolute Gasteiger partial charge is 0.493 e. The van der Waals surface area contributed by atoms with E-state index in [9.17, 15) is 0 Å². The van der Waals surface area contributed by atoms with Gasteiger partial charge in [0.05, 0.1) is 24.2 Å². The number of benzene rings is 1. The highest BCUT2D eigenvalue weighted by atomic mass is 79.9. The van der Waals surface area contributed by atoms with Crippen molar-refractivity contribution in [2.75, 3.05) is 13.7 Å². The molecule has 0 amide bonds. The molecule has 2 aromatic rings. The summed E-state index contributed by atoms with van der Waals surface area (Å²) in [7, 11) is 1.65. The summed E-state index contributed by atoms with van der Waals surface area (Å²) in [5, 5.41) is 3.45. The summed E-state index contributed by atoms with van der Waals surface area (Å²) in [6.45, 7) is 7.29. The fourth-order valence-electron chi connectivity index (χ4n) is 2.22. The normalized spacial score (nSPS) is 12.2. The Bertz CT molecular complexity index is 624. The van der Waals surface area contributed by atoms with Crippen LogP contribution < -0.4 is 14.8 Å². The number of halogens is 1. The van der Waals surface area contributed by atoms with Crippen LogP contribution in [0.3, 0.4) is 0 Å². The van der Waals surface area contributed by atoms with E-state index in [0.29, 0.717) is 13.2 Å². The van der Waals surface area contributed by atoms with E-state index >= 15 is 0 Å². The van der Waals surface area contributed by atoms with E-state index in [1.807, 2.05) is 38.1 Å². The van der Waals surface area contributed by atoms with Crippen molar-refractivity contribution in [1.82, 2.24) is 5.32 Å². The van der Waals surface area contributed by atoms with E-state index < -0.39 is 0 Å². The lowest BCUT2D eigenvalue weighted by Gasteiger charge is -2.15. The van der Waals surface area contributed by atoms with Crippen LogP contribution in [-0.2, 0) is 6.54 Å². The maximum absolute atomic E-state index is 5.64. The molecule has 5 heteroatoms. The van der Waals surface area contributed by atoms with Crippen LogP contribution in [0.4, 0.5) is 0 Å². The summed E-state index contributed by atoms with van der Waals surface area (Å²) in [4.78, 5) is 0. The number of ether oxygens (including phenoxy) is 2. The molecule has 2 rings (SSSR count). The third-order valence-electron chi connectivity index (χ3n) is 3.38. The number of hydrogen-bond acceptors (Lipinski definition) is 4. The Balaban J connectivity index is 2.08. The predicted molar refractivity (Wildman–Crippen MR) is 90.6 cm³/mol. The average Bonchev–Trinajstić information content (AvgIpc) is 2.93. The van der Waals surface area contributed by atoms with Crippen molar-refractivity contribution in [3.05, 3.63) is 45.8 Å². The fourth-order valence-corrected chi connectivity index (χ4v) is 2.82. The highest BCUT2D eigenvalue weighted by Gasteiger charge is 2.13. The first kappa shape index (κ1) is 16.9. The van der Waals surface area contributed by atoms with Crippen molar-refractivity contribution < 1.29 is 13.9 Å². The van der Waals surface area contributed by atoms with Gasteiger partial charge in [0, 0.05) is 6.54 Å². The Hall–Kier alpha value is -1.46. The lowest BCUT2D eigenvalue weighted by molar-refractivity contribution is 0.308. The lowest BCUT2D eigenvalue weighted by atomic mass is 10.1. The predicted octanol–water partition coefficient (Wildman–Crippen LogP) is 4.61. The van der Waals surface area contributed by atoms with Crippen LogP contribution >= 0.6 is 15.9 Å². The third-order valence-corrected chi connectivity index (χ3v) is 3.97. The van der Waals surface area contributed by atoms with Crippen molar-refractivity contribution in [1.29, 1.82) is 0 Å². The first-order valence-corrected chi connectivity index (χ1v) is 8.13. The van der Waals surface area contributed by atoms with Gasteiger partial charge in [-0.15, -0.1) is 0 Å². The van der Waals surface area contributed by atoms with Crippen LogP contribution in [-0.4, -0.2) is 13.7 Å². The van der Waals surface area contributed by atoms with Crippen LogP contribution in [0.5, 0.6) is 11.5 Å². The van der Waals surface area contributed by atoms with Crippen molar-refractivity contribution in [2.24, 2.45) is 0 Å².